The number of ether oxygens (including phenoxy) is 2. The smallest absolute Gasteiger partial charge is 0.387 e. The van der Waals surface area contributed by atoms with Crippen LogP contribution in [0.15, 0.2) is 54.6 Å². The molecule has 0 heterocycles. The Balaban J connectivity index is 1.98. The molecule has 1 amide bonds. The third-order valence-corrected chi connectivity index (χ3v) is 2.97. The van der Waals surface area contributed by atoms with Crippen molar-refractivity contribution in [3.63, 3.8) is 0 Å². The van der Waals surface area contributed by atoms with Crippen LogP contribution in [0.1, 0.15) is 5.56 Å². The molecule has 0 atom stereocenters. The van der Waals surface area contributed by atoms with Crippen molar-refractivity contribution in [1.82, 2.24) is 0 Å². The maximum atomic E-state index is 12.3. The van der Waals surface area contributed by atoms with E-state index in [4.69, 9.17) is 10.00 Å². The Morgan fingerprint density at radius 3 is 2.60 bits per heavy atom. The molecule has 0 saturated heterocycles. The van der Waals surface area contributed by atoms with E-state index in [9.17, 15) is 13.6 Å². The largest absolute Gasteiger partial charge is 0.479 e. The zero-order chi connectivity index (χ0) is 18.1. The van der Waals surface area contributed by atoms with Gasteiger partial charge in [-0.15, -0.1) is 0 Å². The molecule has 5 nitrogen and oxygen atoms in total. The van der Waals surface area contributed by atoms with Gasteiger partial charge in [0.1, 0.15) is 17.6 Å². The first-order valence-corrected chi connectivity index (χ1v) is 7.21. The summed E-state index contributed by atoms with van der Waals surface area (Å²) < 4.78 is 34.1. The average molecular weight is 344 g/mol. The number of hydrogen-bond donors (Lipinski definition) is 1. The number of rotatable bonds is 7. The fraction of sp³-hybridized carbons (Fsp3) is 0.111. The van der Waals surface area contributed by atoms with Crippen molar-refractivity contribution in [2.75, 3.05) is 11.9 Å². The number of nitriles is 1. The van der Waals surface area contributed by atoms with E-state index in [2.05, 4.69) is 10.1 Å². The summed E-state index contributed by atoms with van der Waals surface area (Å²) in [4.78, 5) is 11.9. The van der Waals surface area contributed by atoms with Crippen molar-refractivity contribution in [1.29, 1.82) is 5.26 Å². The predicted molar refractivity (Wildman–Crippen MR) is 88.3 cm³/mol. The third-order valence-electron chi connectivity index (χ3n) is 2.97. The lowest BCUT2D eigenvalue weighted by Gasteiger charge is -2.10. The van der Waals surface area contributed by atoms with Gasteiger partial charge in [-0.1, -0.05) is 24.3 Å². The second-order valence-corrected chi connectivity index (χ2v) is 4.71. The Labute approximate surface area is 143 Å². The van der Waals surface area contributed by atoms with Crippen LogP contribution in [-0.4, -0.2) is 19.1 Å². The van der Waals surface area contributed by atoms with E-state index in [1.807, 2.05) is 6.07 Å². The normalized spacial score (nSPS) is 10.5. The van der Waals surface area contributed by atoms with E-state index in [0.717, 1.165) is 5.56 Å². The average Bonchev–Trinajstić information content (AvgIpc) is 2.60. The summed E-state index contributed by atoms with van der Waals surface area (Å²) in [7, 11) is 0. The fourth-order valence-corrected chi connectivity index (χ4v) is 1.91. The maximum absolute atomic E-state index is 12.3. The summed E-state index contributed by atoms with van der Waals surface area (Å²) in [5, 5.41) is 10.9. The van der Waals surface area contributed by atoms with Crippen LogP contribution in [0, 0.1) is 11.3 Å². The molecule has 0 radical (unpaired) electrons. The Morgan fingerprint density at radius 1 is 1.20 bits per heavy atom. The maximum Gasteiger partial charge on any atom is 0.387 e. The summed E-state index contributed by atoms with van der Waals surface area (Å²) in [6, 6.07) is 14.5. The number of nitrogens with one attached hydrogen (secondary N) is 1. The number of para-hydroxylation sites is 2. The molecule has 0 bridgehead atoms. The van der Waals surface area contributed by atoms with Crippen molar-refractivity contribution in [2.45, 2.75) is 6.61 Å². The highest BCUT2D eigenvalue weighted by molar-refractivity contribution is 6.02. The number of halogens is 2. The molecule has 2 rings (SSSR count). The van der Waals surface area contributed by atoms with Crippen molar-refractivity contribution < 1.29 is 23.0 Å². The summed E-state index contributed by atoms with van der Waals surface area (Å²) in [5.41, 5.74) is 0.884. The van der Waals surface area contributed by atoms with Gasteiger partial charge in [-0.05, 0) is 35.9 Å². The molecule has 0 aliphatic heterocycles. The topological polar surface area (TPSA) is 71.3 Å². The lowest BCUT2D eigenvalue weighted by molar-refractivity contribution is -0.111. The predicted octanol–water partition coefficient (Wildman–Crippen LogP) is 3.84. The molecule has 0 fully saturated rings. The number of benzene rings is 2. The monoisotopic (exact) mass is 344 g/mol. The van der Waals surface area contributed by atoms with Gasteiger partial charge in [0.25, 0.3) is 0 Å². The minimum absolute atomic E-state index is 0.0440. The van der Waals surface area contributed by atoms with E-state index in [-0.39, 0.29) is 18.0 Å². The second-order valence-electron chi connectivity index (χ2n) is 4.71. The van der Waals surface area contributed by atoms with Gasteiger partial charge in [-0.3, -0.25) is 4.79 Å². The molecule has 0 aliphatic rings. The Bertz CT molecular complexity index is 784. The number of amides is 1. The highest BCUT2D eigenvalue weighted by Gasteiger charge is 2.10. The van der Waals surface area contributed by atoms with Gasteiger partial charge >= 0.3 is 6.61 Å². The van der Waals surface area contributed by atoms with Crippen LogP contribution < -0.4 is 14.8 Å². The molecule has 0 aromatic heterocycles. The highest BCUT2D eigenvalue weighted by atomic mass is 19.3. The van der Waals surface area contributed by atoms with Gasteiger partial charge < -0.3 is 14.8 Å². The molecule has 128 valence electrons. The van der Waals surface area contributed by atoms with Crippen LogP contribution in [0.25, 0.3) is 6.08 Å². The lowest BCUT2D eigenvalue weighted by atomic mass is 10.2. The highest BCUT2D eigenvalue weighted by Crippen LogP contribution is 2.25. The van der Waals surface area contributed by atoms with Gasteiger partial charge in [0.15, 0.2) is 6.61 Å². The van der Waals surface area contributed by atoms with Crippen LogP contribution >= 0.6 is 0 Å². The Kier molecular flexibility index (Phi) is 6.48. The minimum atomic E-state index is -2.98. The van der Waals surface area contributed by atoms with Crippen LogP contribution in [-0.2, 0) is 4.79 Å². The van der Waals surface area contributed by atoms with E-state index >= 15 is 0 Å². The molecular formula is C18H14F2N2O3. The number of alkyl halides is 2. The quantitative estimate of drug-likeness (QED) is 0.775. The van der Waals surface area contributed by atoms with Crippen LogP contribution in [0.3, 0.4) is 0 Å². The van der Waals surface area contributed by atoms with Crippen molar-refractivity contribution in [3.05, 3.63) is 60.2 Å². The van der Waals surface area contributed by atoms with Gasteiger partial charge in [0.2, 0.25) is 5.91 Å². The molecule has 0 saturated carbocycles. The van der Waals surface area contributed by atoms with E-state index in [1.54, 1.807) is 36.4 Å². The third kappa shape index (κ3) is 5.95. The first kappa shape index (κ1) is 17.9. The Hall–Kier alpha value is -3.40. The summed E-state index contributed by atoms with van der Waals surface area (Å²) in [5.74, 6) is -0.0606. The zero-order valence-electron chi connectivity index (χ0n) is 13.0. The number of nitrogens with zero attached hydrogens (tertiary/aromatic N) is 1. The molecular weight excluding hydrogens is 330 g/mol. The molecule has 2 aromatic rings. The number of hydrogen-bond acceptors (Lipinski definition) is 4. The van der Waals surface area contributed by atoms with Gasteiger partial charge in [0, 0.05) is 6.08 Å². The lowest BCUT2D eigenvalue weighted by Crippen LogP contribution is -2.11. The molecule has 0 aliphatic carbocycles. The minimum Gasteiger partial charge on any atom is -0.479 e. The van der Waals surface area contributed by atoms with Crippen molar-refractivity contribution in [3.8, 4) is 17.6 Å². The Morgan fingerprint density at radius 2 is 1.92 bits per heavy atom. The second kappa shape index (κ2) is 9.03. The number of anilines is 1. The van der Waals surface area contributed by atoms with E-state index in [0.29, 0.717) is 5.75 Å². The van der Waals surface area contributed by atoms with Crippen LogP contribution in [0.2, 0.25) is 0 Å². The molecule has 0 spiro atoms. The number of carbonyl (C=O) groups is 1. The summed E-state index contributed by atoms with van der Waals surface area (Å²) >= 11 is 0. The van der Waals surface area contributed by atoms with Gasteiger partial charge in [-0.2, -0.15) is 14.0 Å². The SMILES string of the molecule is N#CCOc1ccc(/C=C/C(=O)Nc2ccccc2OC(F)F)cc1. The summed E-state index contributed by atoms with van der Waals surface area (Å²) in [6.45, 7) is -3.02. The molecule has 7 heteroatoms. The van der Waals surface area contributed by atoms with Gasteiger partial charge in [0.05, 0.1) is 5.69 Å². The zero-order valence-corrected chi connectivity index (χ0v) is 13.0. The first-order chi connectivity index (χ1) is 12.1. The first-order valence-electron chi connectivity index (χ1n) is 7.21. The van der Waals surface area contributed by atoms with Crippen molar-refractivity contribution in [2.24, 2.45) is 0 Å². The molecule has 25 heavy (non-hydrogen) atoms. The van der Waals surface area contributed by atoms with Crippen LogP contribution in [0.4, 0.5) is 14.5 Å². The van der Waals surface area contributed by atoms with E-state index in [1.165, 1.54) is 24.3 Å². The fourth-order valence-electron chi connectivity index (χ4n) is 1.91. The number of carbonyl (C=O) groups excluding carboxylic acids is 1. The molecule has 0 unspecified atom stereocenters. The standard InChI is InChI=1S/C18H14F2N2O3/c19-18(20)25-16-4-2-1-3-15(16)22-17(23)10-7-13-5-8-14(9-6-13)24-12-11-21/h1-10,18H,12H2,(H,22,23)/b10-7+. The van der Waals surface area contributed by atoms with Gasteiger partial charge in [-0.25, -0.2) is 0 Å². The molecule has 2 aromatic carbocycles. The van der Waals surface area contributed by atoms with Crippen LogP contribution in [0.5, 0.6) is 11.5 Å². The van der Waals surface area contributed by atoms with Crippen molar-refractivity contribution >= 4 is 17.7 Å². The summed E-state index contributed by atoms with van der Waals surface area (Å²) in [6.07, 6.45) is 2.82. The van der Waals surface area contributed by atoms with E-state index < -0.39 is 12.5 Å². The molecule has 1 N–H and O–H groups in total.